The SMILES string of the molecule is Cc1ccc(C(=O)O[C@H]2C[N+]3=C(N)N[C@@H](CO)[C@@H]4[NH+]=C(N)N[C@@]43C2(O)O)cc1. The Kier molecular flexibility index (Phi) is 4.00. The van der Waals surface area contributed by atoms with E-state index in [0.29, 0.717) is 0 Å². The van der Waals surface area contributed by atoms with Crippen molar-refractivity contribution in [1.82, 2.24) is 10.6 Å². The van der Waals surface area contributed by atoms with Gasteiger partial charge in [0.1, 0.15) is 12.6 Å². The van der Waals surface area contributed by atoms with Crippen LogP contribution in [0.2, 0.25) is 0 Å². The maximum Gasteiger partial charge on any atom is 0.347 e. The fraction of sp³-hybridized carbons (Fsp3) is 0.471. The molecule has 0 radical (unpaired) electrons. The van der Waals surface area contributed by atoms with E-state index in [1.54, 1.807) is 24.3 Å². The van der Waals surface area contributed by atoms with Crippen LogP contribution < -0.4 is 27.1 Å². The molecule has 4 rings (SSSR count). The molecule has 11 nitrogen and oxygen atoms in total. The second kappa shape index (κ2) is 6.06. The minimum absolute atomic E-state index is 0.0861. The maximum atomic E-state index is 12.5. The average molecular weight is 392 g/mol. The smallest absolute Gasteiger partial charge is 0.347 e. The number of aliphatic hydroxyl groups is 3. The highest BCUT2D eigenvalue weighted by atomic mass is 16.6. The highest BCUT2D eigenvalue weighted by molar-refractivity contribution is 5.89. The van der Waals surface area contributed by atoms with Crippen molar-refractivity contribution in [2.75, 3.05) is 13.2 Å². The normalized spacial score (nSPS) is 32.7. The molecule has 11 heteroatoms. The third-order valence-corrected chi connectivity index (χ3v) is 5.63. The molecule has 1 spiro atoms. The van der Waals surface area contributed by atoms with Gasteiger partial charge in [-0.3, -0.25) is 21.8 Å². The molecule has 0 aromatic heterocycles. The lowest BCUT2D eigenvalue weighted by molar-refractivity contribution is -0.674. The van der Waals surface area contributed by atoms with Crippen molar-refractivity contribution < 1.29 is 34.4 Å². The van der Waals surface area contributed by atoms with Gasteiger partial charge in [0.2, 0.25) is 0 Å². The van der Waals surface area contributed by atoms with E-state index in [9.17, 15) is 20.1 Å². The van der Waals surface area contributed by atoms with Crippen LogP contribution in [-0.2, 0) is 4.74 Å². The molecule has 0 saturated carbocycles. The van der Waals surface area contributed by atoms with Gasteiger partial charge in [-0.1, -0.05) is 17.7 Å². The van der Waals surface area contributed by atoms with Crippen LogP contribution >= 0.6 is 0 Å². The van der Waals surface area contributed by atoms with Gasteiger partial charge in [0.25, 0.3) is 5.79 Å². The summed E-state index contributed by atoms with van der Waals surface area (Å²) in [4.78, 5) is 15.4. The van der Waals surface area contributed by atoms with E-state index in [1.165, 1.54) is 4.58 Å². The van der Waals surface area contributed by atoms with Crippen molar-refractivity contribution in [3.63, 3.8) is 0 Å². The van der Waals surface area contributed by atoms with Crippen LogP contribution in [0.3, 0.4) is 0 Å². The molecule has 1 saturated heterocycles. The zero-order valence-electron chi connectivity index (χ0n) is 15.2. The summed E-state index contributed by atoms with van der Waals surface area (Å²) in [6.07, 6.45) is -1.33. The first-order chi connectivity index (χ1) is 13.2. The number of aliphatic hydroxyl groups excluding tert-OH is 1. The third-order valence-electron chi connectivity index (χ3n) is 5.63. The standard InChI is InChI=1S/C17H22N6O5/c1-8-2-4-9(5-3-8)13(25)28-11-6-23-15(19)20-10(7-24)12-16(23,17(11,26)27)22-14(18)21-12/h2-5,10-12,24,26-27H,6-7H2,1H3,(H5,18,19,20,21,22)/p+2/t10-,11-,12-,16-/m0/s1. The highest BCUT2D eigenvalue weighted by Gasteiger charge is 2.78. The van der Waals surface area contributed by atoms with E-state index in [1.807, 2.05) is 6.92 Å². The summed E-state index contributed by atoms with van der Waals surface area (Å²) in [5.41, 5.74) is 11.6. The molecule has 1 fully saturated rings. The maximum absolute atomic E-state index is 12.5. The number of nitrogens with two attached hydrogens (primary N) is 2. The van der Waals surface area contributed by atoms with E-state index in [0.717, 1.165) is 5.56 Å². The number of carbonyl (C=O) groups excluding carboxylic acids is 1. The van der Waals surface area contributed by atoms with E-state index in [-0.39, 0.29) is 30.6 Å². The van der Waals surface area contributed by atoms with Crippen LogP contribution in [0.4, 0.5) is 0 Å². The zero-order chi connectivity index (χ0) is 20.3. The fourth-order valence-corrected chi connectivity index (χ4v) is 4.22. The fourth-order valence-electron chi connectivity index (χ4n) is 4.22. The molecule has 1 aromatic carbocycles. The van der Waals surface area contributed by atoms with Crippen molar-refractivity contribution in [3.05, 3.63) is 35.4 Å². The number of benzene rings is 1. The van der Waals surface area contributed by atoms with Crippen LogP contribution in [-0.4, -0.2) is 80.6 Å². The number of nitrogens with zero attached hydrogens (tertiary/aromatic N) is 1. The first kappa shape index (κ1) is 18.5. The van der Waals surface area contributed by atoms with Crippen molar-refractivity contribution in [3.8, 4) is 0 Å². The molecule has 10 N–H and O–H groups in total. The largest absolute Gasteiger partial charge is 0.449 e. The number of carbonyl (C=O) groups is 1. The van der Waals surface area contributed by atoms with E-state index < -0.39 is 35.6 Å². The second-order valence-corrected chi connectivity index (χ2v) is 7.34. The predicted octanol–water partition coefficient (Wildman–Crippen LogP) is -5.43. The second-order valence-electron chi connectivity index (χ2n) is 7.34. The molecule has 0 amide bonds. The van der Waals surface area contributed by atoms with Gasteiger partial charge in [0.05, 0.1) is 12.2 Å². The van der Waals surface area contributed by atoms with E-state index in [4.69, 9.17) is 16.2 Å². The first-order valence-electron chi connectivity index (χ1n) is 8.87. The highest BCUT2D eigenvalue weighted by Crippen LogP contribution is 2.39. The third kappa shape index (κ3) is 2.37. The predicted molar refractivity (Wildman–Crippen MR) is 95.7 cm³/mol. The number of ether oxygens (including phenoxy) is 1. The topological polar surface area (TPSA) is 180 Å². The molecule has 150 valence electrons. The molecule has 28 heavy (non-hydrogen) atoms. The molecule has 0 unspecified atom stereocenters. The molecule has 3 heterocycles. The van der Waals surface area contributed by atoms with Crippen LogP contribution in [0.15, 0.2) is 24.3 Å². The van der Waals surface area contributed by atoms with Crippen molar-refractivity contribution in [1.29, 1.82) is 0 Å². The van der Waals surface area contributed by atoms with Gasteiger partial charge in [-0.2, -0.15) is 0 Å². The minimum Gasteiger partial charge on any atom is -0.449 e. The Labute approximate surface area is 160 Å². The number of aryl methyl sites for hydroxylation is 1. The minimum atomic E-state index is -2.56. The molecule has 0 bridgehead atoms. The number of hydrogen-bond acceptors (Lipinski definition) is 9. The Balaban J connectivity index is 1.69. The zero-order valence-corrected chi connectivity index (χ0v) is 15.2. The van der Waals surface area contributed by atoms with Crippen molar-refractivity contribution in [2.45, 2.75) is 36.6 Å². The van der Waals surface area contributed by atoms with E-state index >= 15 is 0 Å². The molecular weight excluding hydrogens is 368 g/mol. The number of hydrogen-bond donors (Lipinski definition) is 8. The lowest BCUT2D eigenvalue weighted by Gasteiger charge is -2.40. The summed E-state index contributed by atoms with van der Waals surface area (Å²) in [5, 5.41) is 37.6. The van der Waals surface area contributed by atoms with Gasteiger partial charge in [-0.05, 0) is 19.1 Å². The van der Waals surface area contributed by atoms with Crippen LogP contribution in [0.25, 0.3) is 0 Å². The van der Waals surface area contributed by atoms with Gasteiger partial charge in [0, 0.05) is 0 Å². The van der Waals surface area contributed by atoms with Crippen LogP contribution in [0, 0.1) is 6.92 Å². The van der Waals surface area contributed by atoms with Crippen LogP contribution in [0.5, 0.6) is 0 Å². The van der Waals surface area contributed by atoms with E-state index in [2.05, 4.69) is 15.6 Å². The quantitative estimate of drug-likeness (QED) is 0.141. The lowest BCUT2D eigenvalue weighted by atomic mass is 9.86. The van der Waals surface area contributed by atoms with Gasteiger partial charge in [0.15, 0.2) is 12.1 Å². The van der Waals surface area contributed by atoms with Crippen molar-refractivity contribution in [2.24, 2.45) is 11.5 Å². The summed E-state index contributed by atoms with van der Waals surface area (Å²) in [6, 6.07) is 5.30. The van der Waals surface area contributed by atoms with Crippen LogP contribution in [0.1, 0.15) is 15.9 Å². The Morgan fingerprint density at radius 2 is 2.04 bits per heavy atom. The number of esters is 1. The molecule has 1 aromatic rings. The summed E-state index contributed by atoms with van der Waals surface area (Å²) in [7, 11) is 0. The Morgan fingerprint density at radius 3 is 2.68 bits per heavy atom. The number of rotatable bonds is 3. The average Bonchev–Trinajstić information content (AvgIpc) is 3.11. The lowest BCUT2D eigenvalue weighted by Crippen LogP contribution is -2.91. The summed E-state index contributed by atoms with van der Waals surface area (Å²) in [5.74, 6) is -3.08. The van der Waals surface area contributed by atoms with Gasteiger partial charge in [-0.25, -0.2) is 14.7 Å². The molecule has 3 aliphatic heterocycles. The molecular formula is C17H24N6O5+2. The van der Waals surface area contributed by atoms with Gasteiger partial charge in [-0.15, -0.1) is 0 Å². The Bertz CT molecular complexity index is 883. The summed E-state index contributed by atoms with van der Waals surface area (Å²) < 4.78 is 6.89. The molecule has 3 aliphatic rings. The summed E-state index contributed by atoms with van der Waals surface area (Å²) >= 11 is 0. The summed E-state index contributed by atoms with van der Waals surface area (Å²) in [6.45, 7) is 1.45. The first-order valence-corrected chi connectivity index (χ1v) is 8.87. The Morgan fingerprint density at radius 1 is 1.36 bits per heavy atom. The monoisotopic (exact) mass is 392 g/mol. The van der Waals surface area contributed by atoms with Gasteiger partial charge < -0.3 is 20.1 Å². The Hall–Kier alpha value is -2.89. The van der Waals surface area contributed by atoms with Gasteiger partial charge >= 0.3 is 23.6 Å². The molecule has 0 aliphatic carbocycles. The number of guanidine groups is 2. The van der Waals surface area contributed by atoms with Crippen molar-refractivity contribution >= 4 is 17.9 Å². The molecule has 4 atom stereocenters. The number of nitrogens with one attached hydrogen (secondary N) is 3.